The van der Waals surface area contributed by atoms with Crippen LogP contribution in [0.3, 0.4) is 0 Å². The molecule has 0 amide bonds. The van der Waals surface area contributed by atoms with Crippen LogP contribution in [0.4, 0.5) is 11.6 Å². The lowest BCUT2D eigenvalue weighted by molar-refractivity contribution is 0.384. The van der Waals surface area contributed by atoms with E-state index < -0.39 is 10.0 Å². The Balaban J connectivity index is 1.36. The van der Waals surface area contributed by atoms with Crippen LogP contribution in [0.15, 0.2) is 36.8 Å². The maximum atomic E-state index is 12.2. The number of hydrogen-bond acceptors (Lipinski definition) is 9. The standard InChI is InChI=1S/C24H30N8O2S/c1-4-35(33,34)31-12-10-30(11-13-31)21-14-17(2)15-22(29-21)32-9-6-20-19(18(32)3)16-27-24(28-20)23-25-7-5-8-26-23/h5,7-8,14-16,18H,4,6,9-13H2,1-3H3. The van der Waals surface area contributed by atoms with Crippen LogP contribution < -0.4 is 9.80 Å². The van der Waals surface area contributed by atoms with E-state index in [2.05, 4.69) is 50.7 Å². The highest BCUT2D eigenvalue weighted by Gasteiger charge is 2.29. The lowest BCUT2D eigenvalue weighted by Gasteiger charge is -2.37. The van der Waals surface area contributed by atoms with E-state index in [0.29, 0.717) is 37.8 Å². The summed E-state index contributed by atoms with van der Waals surface area (Å²) < 4.78 is 26.0. The van der Waals surface area contributed by atoms with Crippen LogP contribution >= 0.6 is 0 Å². The van der Waals surface area contributed by atoms with Crippen molar-refractivity contribution in [3.63, 3.8) is 0 Å². The Kier molecular flexibility index (Phi) is 6.37. The Morgan fingerprint density at radius 1 is 0.943 bits per heavy atom. The minimum absolute atomic E-state index is 0.0678. The second kappa shape index (κ2) is 9.46. The Labute approximate surface area is 206 Å². The molecule has 0 aromatic carbocycles. The molecule has 5 heterocycles. The van der Waals surface area contributed by atoms with Gasteiger partial charge >= 0.3 is 0 Å². The largest absolute Gasteiger partial charge is 0.354 e. The van der Waals surface area contributed by atoms with Gasteiger partial charge in [-0.2, -0.15) is 4.31 Å². The third-order valence-corrected chi connectivity index (χ3v) is 8.61. The van der Waals surface area contributed by atoms with Crippen molar-refractivity contribution in [1.82, 2.24) is 29.2 Å². The van der Waals surface area contributed by atoms with Crippen molar-refractivity contribution in [3.05, 3.63) is 53.6 Å². The van der Waals surface area contributed by atoms with Crippen molar-refractivity contribution in [2.75, 3.05) is 48.3 Å². The fraction of sp³-hybridized carbons (Fsp3) is 0.458. The molecule has 184 valence electrons. The molecule has 0 aliphatic carbocycles. The molecule has 1 atom stereocenters. The summed E-state index contributed by atoms with van der Waals surface area (Å²) in [5.41, 5.74) is 3.23. The molecular formula is C24H30N8O2S. The number of hydrogen-bond donors (Lipinski definition) is 0. The van der Waals surface area contributed by atoms with E-state index in [0.717, 1.165) is 41.4 Å². The SMILES string of the molecule is CCS(=O)(=O)N1CCN(c2cc(C)cc(N3CCc4nc(-c5ncccn5)ncc4C3C)n2)CC1. The maximum absolute atomic E-state index is 12.2. The van der Waals surface area contributed by atoms with Gasteiger partial charge < -0.3 is 9.80 Å². The summed E-state index contributed by atoms with van der Waals surface area (Å²) in [6.07, 6.45) is 6.05. The molecule has 0 radical (unpaired) electrons. The molecule has 3 aromatic heterocycles. The van der Waals surface area contributed by atoms with Crippen molar-refractivity contribution in [2.24, 2.45) is 0 Å². The molecule has 0 spiro atoms. The molecule has 5 rings (SSSR count). The minimum Gasteiger partial charge on any atom is -0.354 e. The second-order valence-corrected chi connectivity index (χ2v) is 11.2. The van der Waals surface area contributed by atoms with Crippen molar-refractivity contribution < 1.29 is 8.42 Å². The summed E-state index contributed by atoms with van der Waals surface area (Å²) in [6, 6.07) is 6.03. The molecule has 11 heteroatoms. The number of sulfonamides is 1. The van der Waals surface area contributed by atoms with Gasteiger partial charge in [0.15, 0.2) is 11.6 Å². The number of fused-ring (bicyclic) bond motifs is 1. The predicted molar refractivity (Wildman–Crippen MR) is 135 cm³/mol. The fourth-order valence-electron chi connectivity index (χ4n) is 4.72. The Hall–Kier alpha value is -3.18. The molecule has 10 nitrogen and oxygen atoms in total. The monoisotopic (exact) mass is 494 g/mol. The average molecular weight is 495 g/mol. The van der Waals surface area contributed by atoms with Crippen LogP contribution in [0.2, 0.25) is 0 Å². The number of aromatic nitrogens is 5. The first-order valence-corrected chi connectivity index (χ1v) is 13.6. The lowest BCUT2D eigenvalue weighted by atomic mass is 9.99. The van der Waals surface area contributed by atoms with Gasteiger partial charge in [0.05, 0.1) is 17.5 Å². The molecule has 0 N–H and O–H groups in total. The van der Waals surface area contributed by atoms with Gasteiger partial charge in [-0.15, -0.1) is 0 Å². The van der Waals surface area contributed by atoms with Crippen molar-refractivity contribution in [2.45, 2.75) is 33.2 Å². The quantitative estimate of drug-likeness (QED) is 0.527. The Bertz CT molecular complexity index is 1310. The van der Waals surface area contributed by atoms with E-state index in [4.69, 9.17) is 9.97 Å². The number of pyridine rings is 1. The summed E-state index contributed by atoms with van der Waals surface area (Å²) in [5, 5.41) is 0. The summed E-state index contributed by atoms with van der Waals surface area (Å²) in [5.74, 6) is 3.02. The minimum atomic E-state index is -3.16. The normalized spacial score (nSPS) is 19.0. The third-order valence-electron chi connectivity index (χ3n) is 6.73. The van der Waals surface area contributed by atoms with Crippen molar-refractivity contribution >= 4 is 21.7 Å². The zero-order valence-corrected chi connectivity index (χ0v) is 21.1. The molecule has 1 fully saturated rings. The average Bonchev–Trinajstić information content (AvgIpc) is 2.89. The van der Waals surface area contributed by atoms with Gasteiger partial charge in [0.1, 0.15) is 11.6 Å². The van der Waals surface area contributed by atoms with Crippen LogP contribution in [-0.4, -0.2) is 76.1 Å². The summed E-state index contributed by atoms with van der Waals surface area (Å²) in [6.45, 7) is 8.94. The number of rotatable bonds is 5. The van der Waals surface area contributed by atoms with Gasteiger partial charge in [-0.25, -0.2) is 33.3 Å². The van der Waals surface area contributed by atoms with E-state index in [-0.39, 0.29) is 11.8 Å². The number of aryl methyl sites for hydroxylation is 1. The maximum Gasteiger partial charge on any atom is 0.213 e. The van der Waals surface area contributed by atoms with E-state index in [1.165, 1.54) is 0 Å². The Morgan fingerprint density at radius 3 is 2.37 bits per heavy atom. The molecule has 1 saturated heterocycles. The van der Waals surface area contributed by atoms with Gasteiger partial charge in [-0.1, -0.05) is 0 Å². The van der Waals surface area contributed by atoms with Gasteiger partial charge in [-0.3, -0.25) is 0 Å². The third kappa shape index (κ3) is 4.70. The van der Waals surface area contributed by atoms with Gasteiger partial charge in [0.2, 0.25) is 10.0 Å². The van der Waals surface area contributed by atoms with Gasteiger partial charge in [-0.05, 0) is 44.5 Å². The molecule has 35 heavy (non-hydrogen) atoms. The van der Waals surface area contributed by atoms with Gasteiger partial charge in [0.25, 0.3) is 0 Å². The zero-order chi connectivity index (χ0) is 24.6. The van der Waals surface area contributed by atoms with Crippen LogP contribution in [0, 0.1) is 6.92 Å². The first-order valence-electron chi connectivity index (χ1n) is 12.0. The summed E-state index contributed by atoms with van der Waals surface area (Å²) in [7, 11) is -3.16. The topological polar surface area (TPSA) is 108 Å². The van der Waals surface area contributed by atoms with Crippen LogP contribution in [0.5, 0.6) is 0 Å². The highest BCUT2D eigenvalue weighted by Crippen LogP contribution is 2.33. The van der Waals surface area contributed by atoms with Crippen LogP contribution in [0.25, 0.3) is 11.6 Å². The van der Waals surface area contributed by atoms with E-state index in [1.54, 1.807) is 29.7 Å². The van der Waals surface area contributed by atoms with Gasteiger partial charge in [0, 0.05) is 63.3 Å². The highest BCUT2D eigenvalue weighted by molar-refractivity contribution is 7.89. The smallest absolute Gasteiger partial charge is 0.213 e. The molecule has 0 saturated carbocycles. The molecule has 1 unspecified atom stereocenters. The number of anilines is 2. The zero-order valence-electron chi connectivity index (χ0n) is 20.3. The summed E-state index contributed by atoms with van der Waals surface area (Å²) in [4.78, 5) is 27.3. The first kappa shape index (κ1) is 23.6. The van der Waals surface area contributed by atoms with Crippen LogP contribution in [0.1, 0.15) is 36.7 Å². The molecular weight excluding hydrogens is 464 g/mol. The van der Waals surface area contributed by atoms with E-state index in [9.17, 15) is 8.42 Å². The lowest BCUT2D eigenvalue weighted by Crippen LogP contribution is -2.49. The van der Waals surface area contributed by atoms with E-state index >= 15 is 0 Å². The molecule has 2 aliphatic heterocycles. The fourth-order valence-corrected chi connectivity index (χ4v) is 5.80. The first-order chi connectivity index (χ1) is 16.9. The second-order valence-electron chi connectivity index (χ2n) is 8.93. The molecule has 3 aromatic rings. The predicted octanol–water partition coefficient (Wildman–Crippen LogP) is 2.23. The van der Waals surface area contributed by atoms with E-state index in [1.807, 2.05) is 6.20 Å². The number of nitrogens with zero attached hydrogens (tertiary/aromatic N) is 8. The number of piperazine rings is 1. The molecule has 0 bridgehead atoms. The summed E-state index contributed by atoms with van der Waals surface area (Å²) >= 11 is 0. The van der Waals surface area contributed by atoms with Crippen molar-refractivity contribution in [1.29, 1.82) is 0 Å². The van der Waals surface area contributed by atoms with Crippen LogP contribution in [-0.2, 0) is 16.4 Å². The Morgan fingerprint density at radius 2 is 1.66 bits per heavy atom. The van der Waals surface area contributed by atoms with Crippen molar-refractivity contribution in [3.8, 4) is 11.6 Å². The highest BCUT2D eigenvalue weighted by atomic mass is 32.2. The molecule has 2 aliphatic rings.